The zero-order valence-electron chi connectivity index (χ0n) is 18.4. The van der Waals surface area contributed by atoms with Crippen LogP contribution in [0.15, 0.2) is 71.8 Å². The van der Waals surface area contributed by atoms with E-state index < -0.39 is 17.8 Å². The molecule has 2 amide bonds. The first-order chi connectivity index (χ1) is 15.9. The molecule has 0 spiro atoms. The van der Waals surface area contributed by atoms with Gasteiger partial charge in [-0.15, -0.1) is 0 Å². The number of ether oxygens (including phenoxy) is 2. The van der Waals surface area contributed by atoms with Gasteiger partial charge in [-0.25, -0.2) is 10.2 Å². The fourth-order valence-electron chi connectivity index (χ4n) is 2.74. The average molecular weight is 445 g/mol. The highest BCUT2D eigenvalue weighted by molar-refractivity contribution is 6.39. The van der Waals surface area contributed by atoms with Gasteiger partial charge in [0.15, 0.2) is 11.5 Å². The fourth-order valence-corrected chi connectivity index (χ4v) is 2.74. The van der Waals surface area contributed by atoms with E-state index in [1.165, 1.54) is 13.3 Å². The van der Waals surface area contributed by atoms with Crippen molar-refractivity contribution in [1.29, 1.82) is 0 Å². The standard InChI is InChI=1S/C25H23N3O5/c1-16-4-9-19(10-5-16)25(31)33-21-13-8-18(14-22(21)32-3)15-26-28-24(30)23(29)27-20-11-6-17(2)7-12-20/h4-15H,1-3H3,(H,27,29)(H,28,30). The molecule has 0 aliphatic carbocycles. The van der Waals surface area contributed by atoms with E-state index in [1.807, 2.05) is 38.1 Å². The van der Waals surface area contributed by atoms with E-state index in [0.29, 0.717) is 22.6 Å². The molecule has 0 bridgehead atoms. The highest BCUT2D eigenvalue weighted by atomic mass is 16.6. The van der Waals surface area contributed by atoms with Crippen LogP contribution in [0, 0.1) is 13.8 Å². The molecule has 8 heteroatoms. The smallest absolute Gasteiger partial charge is 0.343 e. The maximum absolute atomic E-state index is 12.3. The molecule has 0 saturated carbocycles. The number of hydrazone groups is 1. The molecule has 0 saturated heterocycles. The van der Waals surface area contributed by atoms with E-state index >= 15 is 0 Å². The summed E-state index contributed by atoms with van der Waals surface area (Å²) in [6.45, 7) is 3.85. The minimum absolute atomic E-state index is 0.238. The second kappa shape index (κ2) is 10.7. The van der Waals surface area contributed by atoms with Crippen molar-refractivity contribution in [2.24, 2.45) is 5.10 Å². The normalized spacial score (nSPS) is 10.5. The van der Waals surface area contributed by atoms with Crippen LogP contribution in [0.5, 0.6) is 11.5 Å². The van der Waals surface area contributed by atoms with Crippen molar-refractivity contribution >= 4 is 29.7 Å². The van der Waals surface area contributed by atoms with Crippen LogP contribution in [0.2, 0.25) is 0 Å². The van der Waals surface area contributed by atoms with Gasteiger partial charge in [-0.3, -0.25) is 9.59 Å². The predicted molar refractivity (Wildman–Crippen MR) is 125 cm³/mol. The molecular formula is C25H23N3O5. The third-order valence-electron chi connectivity index (χ3n) is 4.57. The first-order valence-electron chi connectivity index (χ1n) is 10.0. The minimum atomic E-state index is -0.914. The number of rotatable bonds is 6. The summed E-state index contributed by atoms with van der Waals surface area (Å²) in [4.78, 5) is 36.2. The maximum Gasteiger partial charge on any atom is 0.343 e. The van der Waals surface area contributed by atoms with Crippen molar-refractivity contribution < 1.29 is 23.9 Å². The summed E-state index contributed by atoms with van der Waals surface area (Å²) in [7, 11) is 1.44. The van der Waals surface area contributed by atoms with Gasteiger partial charge in [0, 0.05) is 5.69 Å². The molecule has 0 aliphatic heterocycles. The van der Waals surface area contributed by atoms with E-state index in [0.717, 1.165) is 11.1 Å². The number of nitrogens with one attached hydrogen (secondary N) is 2. The molecule has 3 aromatic rings. The van der Waals surface area contributed by atoms with Crippen LogP contribution >= 0.6 is 0 Å². The van der Waals surface area contributed by atoms with Gasteiger partial charge in [-0.05, 0) is 61.9 Å². The van der Waals surface area contributed by atoms with E-state index in [4.69, 9.17) is 9.47 Å². The van der Waals surface area contributed by atoms with Gasteiger partial charge in [0.2, 0.25) is 0 Å². The topological polar surface area (TPSA) is 106 Å². The lowest BCUT2D eigenvalue weighted by atomic mass is 10.1. The Morgan fingerprint density at radius 1 is 0.818 bits per heavy atom. The maximum atomic E-state index is 12.3. The summed E-state index contributed by atoms with van der Waals surface area (Å²) < 4.78 is 10.7. The number of carbonyl (C=O) groups excluding carboxylic acids is 3. The van der Waals surface area contributed by atoms with E-state index in [1.54, 1.807) is 42.5 Å². The number of carbonyl (C=O) groups is 3. The van der Waals surface area contributed by atoms with Gasteiger partial charge >= 0.3 is 17.8 Å². The molecule has 33 heavy (non-hydrogen) atoms. The number of anilines is 1. The Kier molecular flexibility index (Phi) is 7.54. The van der Waals surface area contributed by atoms with Crippen LogP contribution in [0.1, 0.15) is 27.0 Å². The summed E-state index contributed by atoms with van der Waals surface area (Å²) in [5, 5.41) is 6.28. The number of hydrogen-bond donors (Lipinski definition) is 2. The lowest BCUT2D eigenvalue weighted by molar-refractivity contribution is -0.136. The molecule has 0 fully saturated rings. The molecule has 0 radical (unpaired) electrons. The molecule has 0 atom stereocenters. The molecule has 0 heterocycles. The van der Waals surface area contributed by atoms with E-state index in [9.17, 15) is 14.4 Å². The quantitative estimate of drug-likeness (QED) is 0.198. The highest BCUT2D eigenvalue weighted by Gasteiger charge is 2.14. The number of methoxy groups -OCH3 is 1. The molecular weight excluding hydrogens is 422 g/mol. The predicted octanol–water partition coefficient (Wildman–Crippen LogP) is 3.62. The van der Waals surface area contributed by atoms with Gasteiger partial charge in [-0.1, -0.05) is 35.4 Å². The Bertz CT molecular complexity index is 1190. The molecule has 168 valence electrons. The Hall–Kier alpha value is -4.46. The van der Waals surface area contributed by atoms with Gasteiger partial charge < -0.3 is 14.8 Å². The monoisotopic (exact) mass is 445 g/mol. The molecule has 0 unspecified atom stereocenters. The first-order valence-corrected chi connectivity index (χ1v) is 10.0. The molecule has 3 rings (SSSR count). The molecule has 3 aromatic carbocycles. The molecule has 8 nitrogen and oxygen atoms in total. The van der Waals surface area contributed by atoms with Crippen LogP contribution in [0.4, 0.5) is 5.69 Å². The van der Waals surface area contributed by atoms with Crippen molar-refractivity contribution in [1.82, 2.24) is 5.43 Å². The van der Waals surface area contributed by atoms with Crippen LogP contribution in [-0.2, 0) is 9.59 Å². The highest BCUT2D eigenvalue weighted by Crippen LogP contribution is 2.28. The van der Waals surface area contributed by atoms with E-state index in [-0.39, 0.29) is 5.75 Å². The third-order valence-corrected chi connectivity index (χ3v) is 4.57. The zero-order valence-corrected chi connectivity index (χ0v) is 18.4. The van der Waals surface area contributed by atoms with Crippen molar-refractivity contribution in [2.75, 3.05) is 12.4 Å². The third kappa shape index (κ3) is 6.51. The van der Waals surface area contributed by atoms with Crippen LogP contribution < -0.4 is 20.2 Å². The largest absolute Gasteiger partial charge is 0.493 e. The van der Waals surface area contributed by atoms with Crippen LogP contribution in [0.25, 0.3) is 0 Å². The minimum Gasteiger partial charge on any atom is -0.493 e. The summed E-state index contributed by atoms with van der Waals surface area (Å²) in [5.41, 5.74) is 5.71. The zero-order chi connectivity index (χ0) is 23.8. The summed E-state index contributed by atoms with van der Waals surface area (Å²) >= 11 is 0. The van der Waals surface area contributed by atoms with Gasteiger partial charge in [0.05, 0.1) is 18.9 Å². The SMILES string of the molecule is COc1cc(C=NNC(=O)C(=O)Nc2ccc(C)cc2)ccc1OC(=O)c1ccc(C)cc1. The fraction of sp³-hybridized carbons (Fsp3) is 0.120. The second-order valence-electron chi connectivity index (χ2n) is 7.19. The summed E-state index contributed by atoms with van der Waals surface area (Å²) in [5.74, 6) is -1.72. The number of esters is 1. The summed E-state index contributed by atoms with van der Waals surface area (Å²) in [6, 6.07) is 18.8. The van der Waals surface area contributed by atoms with Crippen molar-refractivity contribution in [3.63, 3.8) is 0 Å². The van der Waals surface area contributed by atoms with Crippen molar-refractivity contribution in [3.05, 3.63) is 89.0 Å². The summed E-state index contributed by atoms with van der Waals surface area (Å²) in [6.07, 6.45) is 1.34. The van der Waals surface area contributed by atoms with Crippen LogP contribution in [-0.4, -0.2) is 31.1 Å². The van der Waals surface area contributed by atoms with E-state index in [2.05, 4.69) is 15.8 Å². The Morgan fingerprint density at radius 2 is 1.45 bits per heavy atom. The second-order valence-corrected chi connectivity index (χ2v) is 7.19. The van der Waals surface area contributed by atoms with Gasteiger partial charge in [-0.2, -0.15) is 5.10 Å². The lowest BCUT2D eigenvalue weighted by Crippen LogP contribution is -2.32. The molecule has 0 aliphatic rings. The molecule has 0 aromatic heterocycles. The molecule has 2 N–H and O–H groups in total. The van der Waals surface area contributed by atoms with Crippen molar-refractivity contribution in [3.8, 4) is 11.5 Å². The number of nitrogens with zero attached hydrogens (tertiary/aromatic N) is 1. The average Bonchev–Trinajstić information content (AvgIpc) is 2.81. The van der Waals surface area contributed by atoms with Gasteiger partial charge in [0.25, 0.3) is 0 Å². The Balaban J connectivity index is 1.59. The first kappa shape index (κ1) is 23.2. The Morgan fingerprint density at radius 3 is 2.09 bits per heavy atom. The number of amides is 2. The van der Waals surface area contributed by atoms with Gasteiger partial charge in [0.1, 0.15) is 0 Å². The number of hydrogen-bond acceptors (Lipinski definition) is 6. The lowest BCUT2D eigenvalue weighted by Gasteiger charge is -2.10. The Labute approximate surface area is 191 Å². The number of aryl methyl sites for hydroxylation is 2. The van der Waals surface area contributed by atoms with Crippen LogP contribution in [0.3, 0.4) is 0 Å². The number of benzene rings is 3. The van der Waals surface area contributed by atoms with Crippen molar-refractivity contribution in [2.45, 2.75) is 13.8 Å².